The molecule has 0 radical (unpaired) electrons. The van der Waals surface area contributed by atoms with E-state index in [2.05, 4.69) is 77.3 Å². The van der Waals surface area contributed by atoms with Crippen molar-refractivity contribution >= 4 is 21.7 Å². The summed E-state index contributed by atoms with van der Waals surface area (Å²) in [5, 5.41) is 11.5. The van der Waals surface area contributed by atoms with Gasteiger partial charge in [-0.2, -0.15) is 10.2 Å². The van der Waals surface area contributed by atoms with Crippen LogP contribution >= 0.6 is 0 Å². The van der Waals surface area contributed by atoms with Crippen molar-refractivity contribution < 1.29 is 0 Å². The van der Waals surface area contributed by atoms with E-state index in [1.807, 2.05) is 12.4 Å². The van der Waals surface area contributed by atoms with Gasteiger partial charge in [0, 0.05) is 16.2 Å². The molecule has 4 aromatic rings. The second-order valence-corrected chi connectivity index (χ2v) is 7.17. The van der Waals surface area contributed by atoms with Gasteiger partial charge in [-0.25, -0.2) is 9.97 Å². The van der Waals surface area contributed by atoms with E-state index >= 15 is 0 Å². The molecule has 0 aliphatic heterocycles. The van der Waals surface area contributed by atoms with Crippen molar-refractivity contribution in [3.8, 4) is 0 Å². The zero-order valence-corrected chi connectivity index (χ0v) is 15.3. The SMILES string of the molecule is CC(C)c1ncnc2c(CC(C)c3cccc4cnncc34)cccc12. The largest absolute Gasteiger partial charge is 0.240 e. The van der Waals surface area contributed by atoms with E-state index in [4.69, 9.17) is 0 Å². The Labute approximate surface area is 153 Å². The highest BCUT2D eigenvalue weighted by Crippen LogP contribution is 2.30. The quantitative estimate of drug-likeness (QED) is 0.521. The topological polar surface area (TPSA) is 51.6 Å². The zero-order valence-electron chi connectivity index (χ0n) is 15.3. The molecule has 0 N–H and O–H groups in total. The number of fused-ring (bicyclic) bond motifs is 2. The molecule has 0 spiro atoms. The molecular weight excluding hydrogens is 320 g/mol. The Balaban J connectivity index is 1.76. The average Bonchev–Trinajstić information content (AvgIpc) is 2.67. The molecule has 26 heavy (non-hydrogen) atoms. The normalized spacial score (nSPS) is 12.8. The van der Waals surface area contributed by atoms with Gasteiger partial charge in [0.1, 0.15) is 6.33 Å². The maximum atomic E-state index is 4.60. The van der Waals surface area contributed by atoms with Crippen LogP contribution in [0.15, 0.2) is 55.1 Å². The predicted octanol–water partition coefficient (Wildman–Crippen LogP) is 5.04. The molecule has 0 amide bonds. The highest BCUT2D eigenvalue weighted by atomic mass is 15.1. The van der Waals surface area contributed by atoms with Gasteiger partial charge in [0.2, 0.25) is 0 Å². The Morgan fingerprint density at radius 3 is 2.50 bits per heavy atom. The molecule has 1 atom stereocenters. The van der Waals surface area contributed by atoms with Crippen LogP contribution < -0.4 is 0 Å². The summed E-state index contributed by atoms with van der Waals surface area (Å²) in [6.45, 7) is 6.61. The van der Waals surface area contributed by atoms with Crippen molar-refractivity contribution in [1.82, 2.24) is 20.2 Å². The summed E-state index contributed by atoms with van der Waals surface area (Å²) in [6.07, 6.45) is 6.31. The molecule has 0 fully saturated rings. The first-order chi connectivity index (χ1) is 12.6. The fourth-order valence-corrected chi connectivity index (χ4v) is 3.71. The van der Waals surface area contributed by atoms with Gasteiger partial charge >= 0.3 is 0 Å². The monoisotopic (exact) mass is 342 g/mol. The molecular formula is C22H22N4. The van der Waals surface area contributed by atoms with Crippen LogP contribution in [0, 0.1) is 0 Å². The number of hydrogen-bond donors (Lipinski definition) is 0. The van der Waals surface area contributed by atoms with E-state index < -0.39 is 0 Å². The Morgan fingerprint density at radius 1 is 0.846 bits per heavy atom. The lowest BCUT2D eigenvalue weighted by Crippen LogP contribution is -2.03. The summed E-state index contributed by atoms with van der Waals surface area (Å²) in [5.41, 5.74) is 4.74. The van der Waals surface area contributed by atoms with Gasteiger partial charge in [-0.05, 0) is 29.4 Å². The number of benzene rings is 2. The lowest BCUT2D eigenvalue weighted by Gasteiger charge is -2.16. The van der Waals surface area contributed by atoms with Crippen LogP contribution in [0.1, 0.15) is 49.4 Å². The van der Waals surface area contributed by atoms with Gasteiger partial charge in [0.25, 0.3) is 0 Å². The molecule has 4 rings (SSSR count). The van der Waals surface area contributed by atoms with Gasteiger partial charge < -0.3 is 0 Å². The summed E-state index contributed by atoms with van der Waals surface area (Å²) < 4.78 is 0. The minimum absolute atomic E-state index is 0.353. The molecule has 0 aliphatic rings. The molecule has 4 nitrogen and oxygen atoms in total. The number of para-hydroxylation sites is 1. The molecule has 0 saturated heterocycles. The van der Waals surface area contributed by atoms with Crippen molar-refractivity contribution in [2.24, 2.45) is 0 Å². The Morgan fingerprint density at radius 2 is 1.65 bits per heavy atom. The number of hydrogen-bond acceptors (Lipinski definition) is 4. The predicted molar refractivity (Wildman–Crippen MR) is 105 cm³/mol. The third kappa shape index (κ3) is 2.92. The highest BCUT2D eigenvalue weighted by Gasteiger charge is 2.15. The first-order valence-corrected chi connectivity index (χ1v) is 9.07. The van der Waals surface area contributed by atoms with E-state index in [1.54, 1.807) is 6.33 Å². The van der Waals surface area contributed by atoms with Crippen molar-refractivity contribution in [2.45, 2.75) is 39.0 Å². The van der Waals surface area contributed by atoms with Crippen LogP contribution in [-0.2, 0) is 6.42 Å². The van der Waals surface area contributed by atoms with E-state index in [0.717, 1.165) is 28.4 Å². The lowest BCUT2D eigenvalue weighted by molar-refractivity contribution is 0.766. The van der Waals surface area contributed by atoms with E-state index in [0.29, 0.717) is 11.8 Å². The summed E-state index contributed by atoms with van der Waals surface area (Å²) in [7, 11) is 0. The van der Waals surface area contributed by atoms with Crippen LogP contribution in [0.5, 0.6) is 0 Å². The second-order valence-electron chi connectivity index (χ2n) is 7.17. The number of rotatable bonds is 4. The van der Waals surface area contributed by atoms with Crippen LogP contribution in [0.25, 0.3) is 21.7 Å². The fraction of sp³-hybridized carbons (Fsp3) is 0.273. The van der Waals surface area contributed by atoms with E-state index in [9.17, 15) is 0 Å². The molecule has 0 bridgehead atoms. The molecule has 2 aromatic heterocycles. The Hall–Kier alpha value is -2.88. The smallest absolute Gasteiger partial charge is 0.116 e. The van der Waals surface area contributed by atoms with Crippen LogP contribution in [0.2, 0.25) is 0 Å². The minimum Gasteiger partial charge on any atom is -0.240 e. The number of aromatic nitrogens is 4. The Bertz CT molecular complexity index is 1070. The van der Waals surface area contributed by atoms with Gasteiger partial charge in [-0.1, -0.05) is 57.2 Å². The van der Waals surface area contributed by atoms with Gasteiger partial charge in [-0.3, -0.25) is 0 Å². The Kier molecular flexibility index (Phi) is 4.33. The number of nitrogens with zero attached hydrogens (tertiary/aromatic N) is 4. The van der Waals surface area contributed by atoms with Gasteiger partial charge in [0.05, 0.1) is 23.6 Å². The lowest BCUT2D eigenvalue weighted by atomic mass is 9.89. The molecule has 1 unspecified atom stereocenters. The summed E-state index contributed by atoms with van der Waals surface area (Å²) in [4.78, 5) is 9.10. The first kappa shape index (κ1) is 16.6. The standard InChI is InChI=1S/C22H22N4/c1-14(2)21-19-9-4-6-16(22(19)24-13-23-21)10-15(3)18-8-5-7-17-11-25-26-12-20(17)18/h4-9,11-15H,10H2,1-3H3. The summed E-state index contributed by atoms with van der Waals surface area (Å²) in [5.74, 6) is 0.732. The summed E-state index contributed by atoms with van der Waals surface area (Å²) >= 11 is 0. The second kappa shape index (κ2) is 6.79. The van der Waals surface area contributed by atoms with Crippen LogP contribution in [0.4, 0.5) is 0 Å². The van der Waals surface area contributed by atoms with Crippen molar-refractivity contribution in [3.05, 3.63) is 71.9 Å². The molecule has 130 valence electrons. The van der Waals surface area contributed by atoms with Gasteiger partial charge in [-0.15, -0.1) is 0 Å². The zero-order chi connectivity index (χ0) is 18.1. The van der Waals surface area contributed by atoms with Crippen molar-refractivity contribution in [2.75, 3.05) is 0 Å². The van der Waals surface area contributed by atoms with E-state index in [1.165, 1.54) is 16.5 Å². The highest BCUT2D eigenvalue weighted by molar-refractivity contribution is 5.86. The average molecular weight is 342 g/mol. The van der Waals surface area contributed by atoms with Gasteiger partial charge in [0.15, 0.2) is 0 Å². The first-order valence-electron chi connectivity index (χ1n) is 9.07. The van der Waals surface area contributed by atoms with Crippen molar-refractivity contribution in [1.29, 1.82) is 0 Å². The van der Waals surface area contributed by atoms with Crippen LogP contribution in [0.3, 0.4) is 0 Å². The minimum atomic E-state index is 0.353. The summed E-state index contributed by atoms with van der Waals surface area (Å²) in [6, 6.07) is 12.8. The molecule has 4 heteroatoms. The maximum absolute atomic E-state index is 4.60. The van der Waals surface area contributed by atoms with Crippen LogP contribution in [-0.4, -0.2) is 20.2 Å². The third-order valence-electron chi connectivity index (χ3n) is 5.01. The molecule has 0 saturated carbocycles. The van der Waals surface area contributed by atoms with Crippen molar-refractivity contribution in [3.63, 3.8) is 0 Å². The fourth-order valence-electron chi connectivity index (χ4n) is 3.71. The molecule has 2 heterocycles. The molecule has 2 aromatic carbocycles. The third-order valence-corrected chi connectivity index (χ3v) is 5.01. The maximum Gasteiger partial charge on any atom is 0.116 e. The van der Waals surface area contributed by atoms with E-state index in [-0.39, 0.29) is 0 Å². The molecule has 0 aliphatic carbocycles.